The summed E-state index contributed by atoms with van der Waals surface area (Å²) in [5, 5.41) is 10.6. The minimum atomic E-state index is -0.916. The maximum Gasteiger partial charge on any atom is 0.115 e. The van der Waals surface area contributed by atoms with Gasteiger partial charge in [0.05, 0.1) is 0 Å². The van der Waals surface area contributed by atoms with Crippen LogP contribution in [0.3, 0.4) is 0 Å². The van der Waals surface area contributed by atoms with E-state index in [-0.39, 0.29) is 0 Å². The van der Waals surface area contributed by atoms with E-state index in [1.54, 1.807) is 0 Å². The summed E-state index contributed by atoms with van der Waals surface area (Å²) in [5.74, 6) is 0. The van der Waals surface area contributed by atoms with Gasteiger partial charge in [-0.05, 0) is 31.4 Å². The molecule has 0 bridgehead atoms. The first-order valence-electron chi connectivity index (χ1n) is 6.35. The zero-order valence-corrected chi connectivity index (χ0v) is 11.0. The zero-order chi connectivity index (χ0) is 12.7. The van der Waals surface area contributed by atoms with Gasteiger partial charge in [-0.1, -0.05) is 50.6 Å². The average molecular weight is 230 g/mol. The molecule has 0 saturated heterocycles. The maximum absolute atomic E-state index is 10.6. The molecule has 0 aliphatic rings. The van der Waals surface area contributed by atoms with Gasteiger partial charge in [-0.15, -0.1) is 5.73 Å². The Morgan fingerprint density at radius 3 is 2.47 bits per heavy atom. The van der Waals surface area contributed by atoms with Crippen molar-refractivity contribution in [2.24, 2.45) is 0 Å². The second-order valence-corrected chi connectivity index (χ2v) is 4.41. The molecule has 0 aromatic heterocycles. The van der Waals surface area contributed by atoms with Crippen molar-refractivity contribution in [3.05, 3.63) is 53.3 Å². The van der Waals surface area contributed by atoms with Crippen LogP contribution in [0.4, 0.5) is 0 Å². The summed E-state index contributed by atoms with van der Waals surface area (Å²) in [7, 11) is 0. The smallest absolute Gasteiger partial charge is 0.115 e. The molecule has 1 aromatic rings. The topological polar surface area (TPSA) is 20.2 Å². The van der Waals surface area contributed by atoms with E-state index in [0.29, 0.717) is 0 Å². The molecule has 92 valence electrons. The van der Waals surface area contributed by atoms with Crippen molar-refractivity contribution >= 4 is 0 Å². The molecule has 1 rings (SSSR count). The highest BCUT2D eigenvalue weighted by Gasteiger charge is 2.26. The van der Waals surface area contributed by atoms with Crippen molar-refractivity contribution in [1.29, 1.82) is 0 Å². The van der Waals surface area contributed by atoms with Gasteiger partial charge in [0.25, 0.3) is 0 Å². The molecule has 0 amide bonds. The van der Waals surface area contributed by atoms with Gasteiger partial charge in [0, 0.05) is 5.57 Å². The summed E-state index contributed by atoms with van der Waals surface area (Å²) in [6, 6.07) is 9.77. The molecule has 17 heavy (non-hydrogen) atoms. The van der Waals surface area contributed by atoms with Crippen LogP contribution in [0.2, 0.25) is 0 Å². The Morgan fingerprint density at radius 1 is 1.29 bits per heavy atom. The van der Waals surface area contributed by atoms with Gasteiger partial charge in [0.1, 0.15) is 5.60 Å². The van der Waals surface area contributed by atoms with Crippen LogP contribution in [0, 0.1) is 0 Å². The summed E-state index contributed by atoms with van der Waals surface area (Å²) in [5.41, 5.74) is 4.20. The van der Waals surface area contributed by atoms with Gasteiger partial charge in [0.15, 0.2) is 0 Å². The van der Waals surface area contributed by atoms with E-state index in [9.17, 15) is 5.11 Å². The van der Waals surface area contributed by atoms with E-state index in [1.165, 1.54) is 0 Å². The summed E-state index contributed by atoms with van der Waals surface area (Å²) in [6.45, 7) is 6.03. The van der Waals surface area contributed by atoms with Gasteiger partial charge in [-0.3, -0.25) is 0 Å². The fourth-order valence-corrected chi connectivity index (χ4v) is 1.86. The van der Waals surface area contributed by atoms with Crippen molar-refractivity contribution in [1.82, 2.24) is 0 Å². The normalized spacial score (nSPS) is 13.6. The molecule has 0 spiro atoms. The minimum absolute atomic E-state index is 0.808. The van der Waals surface area contributed by atoms with Crippen molar-refractivity contribution in [2.45, 2.75) is 45.6 Å². The van der Waals surface area contributed by atoms with E-state index < -0.39 is 5.60 Å². The number of unbranched alkanes of at least 4 members (excludes halogenated alkanes) is 1. The highest BCUT2D eigenvalue weighted by molar-refractivity contribution is 5.31. The third-order valence-electron chi connectivity index (χ3n) is 2.99. The van der Waals surface area contributed by atoms with E-state index in [4.69, 9.17) is 0 Å². The van der Waals surface area contributed by atoms with E-state index in [2.05, 4.69) is 19.6 Å². The summed E-state index contributed by atoms with van der Waals surface area (Å²) in [4.78, 5) is 0. The maximum atomic E-state index is 10.6. The fraction of sp³-hybridized carbons (Fsp3) is 0.438. The molecule has 0 heterocycles. The first-order chi connectivity index (χ1) is 8.12. The lowest BCUT2D eigenvalue weighted by Crippen LogP contribution is -2.23. The van der Waals surface area contributed by atoms with Crippen molar-refractivity contribution in [3.63, 3.8) is 0 Å². The Hall–Kier alpha value is -1.30. The predicted octanol–water partition coefficient (Wildman–Crippen LogP) is 4.19. The number of rotatable bonds is 5. The number of hydrogen-bond donors (Lipinski definition) is 1. The largest absolute Gasteiger partial charge is 0.380 e. The quantitative estimate of drug-likeness (QED) is 0.752. The number of aliphatic hydroxyl groups is 1. The van der Waals surface area contributed by atoms with Gasteiger partial charge >= 0.3 is 0 Å². The Balaban J connectivity index is 3.06. The monoisotopic (exact) mass is 230 g/mol. The van der Waals surface area contributed by atoms with E-state index in [0.717, 1.165) is 30.4 Å². The highest BCUT2D eigenvalue weighted by Crippen LogP contribution is 2.30. The van der Waals surface area contributed by atoms with Crippen LogP contribution in [-0.4, -0.2) is 5.11 Å². The number of benzene rings is 1. The van der Waals surface area contributed by atoms with Gasteiger partial charge < -0.3 is 5.11 Å². The molecule has 1 unspecified atom stereocenters. The molecule has 1 aromatic carbocycles. The highest BCUT2D eigenvalue weighted by atomic mass is 16.3. The second-order valence-electron chi connectivity index (χ2n) is 4.41. The van der Waals surface area contributed by atoms with Crippen molar-refractivity contribution in [2.75, 3.05) is 0 Å². The Bertz CT molecular complexity index is 395. The lowest BCUT2D eigenvalue weighted by molar-refractivity contribution is 0.0945. The van der Waals surface area contributed by atoms with Gasteiger partial charge in [0.2, 0.25) is 0 Å². The lowest BCUT2D eigenvalue weighted by atomic mass is 9.87. The third kappa shape index (κ3) is 3.59. The van der Waals surface area contributed by atoms with Crippen LogP contribution < -0.4 is 0 Å². The Morgan fingerprint density at radius 2 is 1.94 bits per heavy atom. The second kappa shape index (κ2) is 6.44. The summed E-state index contributed by atoms with van der Waals surface area (Å²) in [6.07, 6.45) is 4.95. The summed E-state index contributed by atoms with van der Waals surface area (Å²) >= 11 is 0. The molecule has 1 atom stereocenters. The van der Waals surface area contributed by atoms with Crippen LogP contribution >= 0.6 is 0 Å². The average Bonchev–Trinajstić information content (AvgIpc) is 2.35. The van der Waals surface area contributed by atoms with Crippen LogP contribution in [0.15, 0.2) is 47.7 Å². The molecule has 0 aliphatic heterocycles. The van der Waals surface area contributed by atoms with Gasteiger partial charge in [-0.2, -0.15) is 0 Å². The van der Waals surface area contributed by atoms with E-state index in [1.807, 2.05) is 43.3 Å². The third-order valence-corrected chi connectivity index (χ3v) is 2.99. The van der Waals surface area contributed by atoms with Crippen LogP contribution in [-0.2, 0) is 5.60 Å². The molecule has 0 radical (unpaired) electrons. The molecular weight excluding hydrogens is 208 g/mol. The van der Waals surface area contributed by atoms with E-state index >= 15 is 0 Å². The predicted molar refractivity (Wildman–Crippen MR) is 72.8 cm³/mol. The molecule has 0 fully saturated rings. The molecule has 1 nitrogen and oxygen atoms in total. The number of hydrogen-bond acceptors (Lipinski definition) is 1. The molecule has 1 heteroatoms. The standard InChI is InChI=1S/C16H22O/c1-4-6-8-11-14(5-2)16(3,17)15-12-9-7-10-13-15/h7-10,12-13,17H,4-6H2,1-3H3. The summed E-state index contributed by atoms with van der Waals surface area (Å²) < 4.78 is 0. The lowest BCUT2D eigenvalue weighted by Gasteiger charge is -2.25. The molecule has 1 N–H and O–H groups in total. The minimum Gasteiger partial charge on any atom is -0.380 e. The fourth-order valence-electron chi connectivity index (χ4n) is 1.86. The first kappa shape index (κ1) is 13.8. The molecular formula is C16H22O. The first-order valence-corrected chi connectivity index (χ1v) is 6.35. The zero-order valence-electron chi connectivity index (χ0n) is 11.0. The molecule has 0 aliphatic carbocycles. The van der Waals surface area contributed by atoms with Crippen molar-refractivity contribution in [3.8, 4) is 0 Å². The van der Waals surface area contributed by atoms with Crippen LogP contribution in [0.25, 0.3) is 0 Å². The Kier molecular flexibility index (Phi) is 5.21. The van der Waals surface area contributed by atoms with Crippen LogP contribution in [0.1, 0.15) is 45.6 Å². The van der Waals surface area contributed by atoms with Gasteiger partial charge in [-0.25, -0.2) is 0 Å². The SMILES string of the molecule is CCCC=C=C(CC)C(C)(O)c1ccccc1. The van der Waals surface area contributed by atoms with Crippen LogP contribution in [0.5, 0.6) is 0 Å². The van der Waals surface area contributed by atoms with Crippen molar-refractivity contribution < 1.29 is 5.11 Å². The Labute approximate surface area is 104 Å². The molecule has 0 saturated carbocycles.